The lowest BCUT2D eigenvalue weighted by atomic mass is 10.1. The number of alkyl halides is 1. The van der Waals surface area contributed by atoms with Gasteiger partial charge in [0.05, 0.1) is 28.1 Å². The highest BCUT2D eigenvalue weighted by Gasteiger charge is 2.29. The van der Waals surface area contributed by atoms with Gasteiger partial charge in [-0.15, -0.1) is 0 Å². The summed E-state index contributed by atoms with van der Waals surface area (Å²) >= 11 is 3.35. The van der Waals surface area contributed by atoms with Crippen LogP contribution in [0.25, 0.3) is 11.0 Å². The fourth-order valence-corrected chi connectivity index (χ4v) is 3.36. The second-order valence-corrected chi connectivity index (χ2v) is 7.13. The van der Waals surface area contributed by atoms with Crippen molar-refractivity contribution < 1.29 is 4.39 Å². The third kappa shape index (κ3) is 3.23. The van der Waals surface area contributed by atoms with Gasteiger partial charge in [0.15, 0.2) is 0 Å². The van der Waals surface area contributed by atoms with Crippen LogP contribution < -0.4 is 10.6 Å². The molecule has 3 aromatic rings. The number of nitrogens with zero attached hydrogens (tertiary/aromatic N) is 5. The van der Waals surface area contributed by atoms with E-state index in [0.717, 1.165) is 21.5 Å². The summed E-state index contributed by atoms with van der Waals surface area (Å²) in [7, 11) is 0. The summed E-state index contributed by atoms with van der Waals surface area (Å²) < 4.78 is 16.7. The Labute approximate surface area is 153 Å². The summed E-state index contributed by atoms with van der Waals surface area (Å²) in [6.45, 7) is 1.54. The molecule has 1 aliphatic heterocycles. The van der Waals surface area contributed by atoms with E-state index in [1.165, 1.54) is 0 Å². The molecule has 2 unspecified atom stereocenters. The normalized spacial score (nSPS) is 21.0. The van der Waals surface area contributed by atoms with Gasteiger partial charge in [0.2, 0.25) is 5.95 Å². The minimum absolute atomic E-state index is 0.416. The number of anilines is 1. The summed E-state index contributed by atoms with van der Waals surface area (Å²) in [6, 6.07) is 7.43. The van der Waals surface area contributed by atoms with Crippen LogP contribution in [0, 0.1) is 0 Å². The van der Waals surface area contributed by atoms with E-state index in [1.54, 1.807) is 12.4 Å². The van der Waals surface area contributed by atoms with Crippen molar-refractivity contribution in [3.05, 3.63) is 47.0 Å². The summed E-state index contributed by atoms with van der Waals surface area (Å²) in [4.78, 5) is 15.5. The fourth-order valence-electron chi connectivity index (χ4n) is 3.16. The van der Waals surface area contributed by atoms with Crippen molar-refractivity contribution in [1.82, 2.24) is 19.5 Å². The van der Waals surface area contributed by atoms with E-state index < -0.39 is 12.2 Å². The lowest BCUT2D eigenvalue weighted by Crippen LogP contribution is -2.50. The Morgan fingerprint density at radius 2 is 2.00 bits per heavy atom. The number of para-hydroxylation sites is 2. The molecule has 2 N–H and O–H groups in total. The summed E-state index contributed by atoms with van der Waals surface area (Å²) in [6.07, 6.45) is 2.92. The van der Waals surface area contributed by atoms with Crippen LogP contribution in [0.3, 0.4) is 0 Å². The van der Waals surface area contributed by atoms with Crippen LogP contribution in [0.4, 0.5) is 10.3 Å². The largest absolute Gasteiger partial charge is 0.340 e. The number of aromatic nitrogens is 4. The number of benzene rings is 1. The highest BCUT2D eigenvalue weighted by atomic mass is 79.9. The molecule has 0 bridgehead atoms. The van der Waals surface area contributed by atoms with Crippen molar-refractivity contribution in [2.75, 3.05) is 18.0 Å². The zero-order valence-electron chi connectivity index (χ0n) is 13.5. The van der Waals surface area contributed by atoms with E-state index >= 15 is 0 Å². The number of halogens is 2. The molecule has 2 atom stereocenters. The fraction of sp³-hybridized carbons (Fsp3) is 0.353. The van der Waals surface area contributed by atoms with Crippen LogP contribution in [0.1, 0.15) is 12.2 Å². The molecule has 4 rings (SSSR count). The van der Waals surface area contributed by atoms with Crippen LogP contribution in [-0.2, 0) is 6.54 Å². The van der Waals surface area contributed by atoms with Gasteiger partial charge in [-0.3, -0.25) is 0 Å². The van der Waals surface area contributed by atoms with Gasteiger partial charge in [0.25, 0.3) is 0 Å². The first-order valence-electron chi connectivity index (χ1n) is 8.18. The van der Waals surface area contributed by atoms with E-state index in [0.29, 0.717) is 31.9 Å². The average Bonchev–Trinajstić information content (AvgIpc) is 2.98. The highest BCUT2D eigenvalue weighted by molar-refractivity contribution is 9.10. The Balaban J connectivity index is 1.74. The molecule has 8 heteroatoms. The molecule has 3 heterocycles. The molecule has 25 heavy (non-hydrogen) atoms. The van der Waals surface area contributed by atoms with Crippen molar-refractivity contribution in [2.45, 2.75) is 25.2 Å². The maximum Gasteiger partial charge on any atom is 0.207 e. The van der Waals surface area contributed by atoms with Gasteiger partial charge in [-0.25, -0.2) is 19.3 Å². The molecule has 1 saturated heterocycles. The Hall–Kier alpha value is -2.06. The van der Waals surface area contributed by atoms with Crippen molar-refractivity contribution in [3.63, 3.8) is 0 Å². The third-order valence-electron chi connectivity index (χ3n) is 4.46. The van der Waals surface area contributed by atoms with Gasteiger partial charge in [-0.1, -0.05) is 12.1 Å². The summed E-state index contributed by atoms with van der Waals surface area (Å²) in [5, 5.41) is 0. The predicted octanol–water partition coefficient (Wildman–Crippen LogP) is 2.51. The minimum atomic E-state index is -0.955. The van der Waals surface area contributed by atoms with Gasteiger partial charge in [-0.05, 0) is 34.5 Å². The van der Waals surface area contributed by atoms with E-state index in [4.69, 9.17) is 10.7 Å². The molecule has 0 amide bonds. The molecule has 1 aliphatic rings. The molecule has 6 nitrogen and oxygen atoms in total. The van der Waals surface area contributed by atoms with E-state index in [2.05, 4.69) is 35.4 Å². The van der Waals surface area contributed by atoms with Gasteiger partial charge in [0, 0.05) is 25.5 Å². The van der Waals surface area contributed by atoms with Crippen molar-refractivity contribution in [2.24, 2.45) is 5.73 Å². The molecule has 1 fully saturated rings. The number of hydrogen-bond donors (Lipinski definition) is 1. The van der Waals surface area contributed by atoms with Crippen LogP contribution in [0.5, 0.6) is 0 Å². The number of hydrogen-bond acceptors (Lipinski definition) is 5. The van der Waals surface area contributed by atoms with Gasteiger partial charge < -0.3 is 15.2 Å². The molecule has 0 saturated carbocycles. The van der Waals surface area contributed by atoms with E-state index in [1.807, 2.05) is 24.3 Å². The first kappa shape index (κ1) is 16.4. The lowest BCUT2D eigenvalue weighted by Gasteiger charge is -2.34. The van der Waals surface area contributed by atoms with E-state index in [9.17, 15) is 4.39 Å². The number of piperidine rings is 1. The average molecular weight is 405 g/mol. The number of fused-ring (bicyclic) bond motifs is 1. The number of rotatable bonds is 3. The smallest absolute Gasteiger partial charge is 0.207 e. The second-order valence-electron chi connectivity index (χ2n) is 6.22. The maximum absolute atomic E-state index is 13.8. The van der Waals surface area contributed by atoms with Crippen molar-refractivity contribution in [1.29, 1.82) is 0 Å². The topological polar surface area (TPSA) is 72.9 Å². The quantitative estimate of drug-likeness (QED) is 0.725. The summed E-state index contributed by atoms with van der Waals surface area (Å²) in [5.74, 6) is 1.48. The van der Waals surface area contributed by atoms with Crippen molar-refractivity contribution in [3.8, 4) is 0 Å². The molecule has 130 valence electrons. The SMILES string of the molecule is NC1CN(c2nc3ccccc3n2Cc2ncc(Br)cn2)CCC1F. The van der Waals surface area contributed by atoms with E-state index in [-0.39, 0.29) is 0 Å². The predicted molar refractivity (Wildman–Crippen MR) is 98.3 cm³/mol. The van der Waals surface area contributed by atoms with Crippen molar-refractivity contribution >= 4 is 32.9 Å². The molecular weight excluding hydrogens is 387 g/mol. The molecule has 0 aliphatic carbocycles. The van der Waals surface area contributed by atoms with Gasteiger partial charge in [0.1, 0.15) is 12.0 Å². The number of nitrogens with two attached hydrogens (primary N) is 1. The van der Waals surface area contributed by atoms with Crippen LogP contribution in [0.2, 0.25) is 0 Å². The summed E-state index contributed by atoms with van der Waals surface area (Å²) in [5.41, 5.74) is 7.83. The molecule has 0 spiro atoms. The maximum atomic E-state index is 13.8. The minimum Gasteiger partial charge on any atom is -0.340 e. The zero-order chi connectivity index (χ0) is 17.4. The number of imidazole rings is 1. The molecule has 2 aromatic heterocycles. The van der Waals surface area contributed by atoms with Crippen LogP contribution in [-0.4, -0.2) is 44.8 Å². The Morgan fingerprint density at radius 1 is 1.24 bits per heavy atom. The first-order valence-corrected chi connectivity index (χ1v) is 8.97. The van der Waals surface area contributed by atoms with Gasteiger partial charge in [-0.2, -0.15) is 0 Å². The standard InChI is InChI=1S/C17H18BrFN6/c18-11-7-21-16(22-8-11)10-25-15-4-2-1-3-14(15)23-17(25)24-6-5-12(19)13(20)9-24/h1-4,7-8,12-13H,5-6,9-10,20H2. The molecule has 0 radical (unpaired) electrons. The monoisotopic (exact) mass is 404 g/mol. The molecule has 1 aromatic carbocycles. The van der Waals surface area contributed by atoms with Gasteiger partial charge >= 0.3 is 0 Å². The third-order valence-corrected chi connectivity index (χ3v) is 4.87. The highest BCUT2D eigenvalue weighted by Crippen LogP contribution is 2.26. The Bertz CT molecular complexity index is 880. The second kappa shape index (κ2) is 6.68. The molecular formula is C17H18BrFN6. The Morgan fingerprint density at radius 3 is 2.76 bits per heavy atom. The zero-order valence-corrected chi connectivity index (χ0v) is 15.1. The lowest BCUT2D eigenvalue weighted by molar-refractivity contribution is 0.243. The van der Waals surface area contributed by atoms with Crippen LogP contribution >= 0.6 is 15.9 Å². The van der Waals surface area contributed by atoms with Crippen LogP contribution in [0.15, 0.2) is 41.1 Å². The first-order chi connectivity index (χ1) is 12.1. The Kier molecular flexibility index (Phi) is 4.39.